The lowest BCUT2D eigenvalue weighted by molar-refractivity contribution is -0.122. The van der Waals surface area contributed by atoms with Gasteiger partial charge >= 0.3 is 0 Å². The van der Waals surface area contributed by atoms with E-state index in [2.05, 4.69) is 9.88 Å². The van der Waals surface area contributed by atoms with Gasteiger partial charge in [0.1, 0.15) is 0 Å². The van der Waals surface area contributed by atoms with Gasteiger partial charge in [-0.25, -0.2) is 0 Å². The van der Waals surface area contributed by atoms with Crippen LogP contribution in [0.2, 0.25) is 0 Å². The Bertz CT molecular complexity index is 408. The molecule has 0 aromatic carbocycles. The van der Waals surface area contributed by atoms with E-state index < -0.39 is 0 Å². The summed E-state index contributed by atoms with van der Waals surface area (Å²) in [6.07, 6.45) is 3.50. The number of aromatic nitrogens is 1. The molecule has 1 aromatic heterocycles. The molecule has 0 bridgehead atoms. The molecule has 1 aliphatic rings. The number of piperidine rings is 1. The molecular formula is C13H20N4O. The predicted molar refractivity (Wildman–Crippen MR) is 71.0 cm³/mol. The lowest BCUT2D eigenvalue weighted by Gasteiger charge is -2.32. The first-order valence-electron chi connectivity index (χ1n) is 6.33. The average molecular weight is 248 g/mol. The highest BCUT2D eigenvalue weighted by Gasteiger charge is 2.23. The fourth-order valence-electron chi connectivity index (χ4n) is 2.28. The number of carbonyl (C=O) groups excluding carboxylic acids is 1. The second-order valence-corrected chi connectivity index (χ2v) is 4.89. The molecule has 1 aliphatic heterocycles. The summed E-state index contributed by atoms with van der Waals surface area (Å²) in [6, 6.07) is 3.95. The van der Waals surface area contributed by atoms with Crippen LogP contribution in [0.1, 0.15) is 31.5 Å². The SMILES string of the molecule is C[C@@H](N)c1ccc(N2CCC(C(N)=O)CC2)cn1. The molecule has 2 heterocycles. The summed E-state index contributed by atoms with van der Waals surface area (Å²) in [5.74, 6) is -0.155. The fraction of sp³-hybridized carbons (Fsp3) is 0.538. The van der Waals surface area contributed by atoms with Gasteiger partial charge in [-0.05, 0) is 31.9 Å². The molecule has 0 radical (unpaired) electrons. The average Bonchev–Trinajstić information content (AvgIpc) is 2.39. The Morgan fingerprint density at radius 2 is 2.11 bits per heavy atom. The standard InChI is InChI=1S/C13H20N4O/c1-9(14)12-3-2-11(8-16-12)17-6-4-10(5-7-17)13(15)18/h2-3,8-10H,4-7,14H2,1H3,(H2,15,18)/t9-/m1/s1. The number of rotatable bonds is 3. The van der Waals surface area contributed by atoms with Crippen molar-refractivity contribution in [1.29, 1.82) is 0 Å². The number of primary amides is 1. The molecule has 1 saturated heterocycles. The van der Waals surface area contributed by atoms with Gasteiger partial charge in [-0.15, -0.1) is 0 Å². The lowest BCUT2D eigenvalue weighted by atomic mass is 9.96. The molecule has 1 amide bonds. The zero-order valence-electron chi connectivity index (χ0n) is 10.7. The Morgan fingerprint density at radius 3 is 2.56 bits per heavy atom. The molecule has 1 aromatic rings. The van der Waals surface area contributed by atoms with Crippen LogP contribution in [0.5, 0.6) is 0 Å². The second kappa shape index (κ2) is 5.35. The minimum atomic E-state index is -0.180. The van der Waals surface area contributed by atoms with E-state index in [0.29, 0.717) is 0 Å². The molecule has 0 unspecified atom stereocenters. The summed E-state index contributed by atoms with van der Waals surface area (Å²) in [6.45, 7) is 3.62. The van der Waals surface area contributed by atoms with Crippen LogP contribution in [0, 0.1) is 5.92 Å². The minimum absolute atomic E-state index is 0.0255. The van der Waals surface area contributed by atoms with Crippen LogP contribution in [0.25, 0.3) is 0 Å². The summed E-state index contributed by atoms with van der Waals surface area (Å²) < 4.78 is 0. The van der Waals surface area contributed by atoms with Gasteiger partial charge in [-0.2, -0.15) is 0 Å². The Hall–Kier alpha value is -1.62. The van der Waals surface area contributed by atoms with Crippen LogP contribution in [0.4, 0.5) is 5.69 Å². The van der Waals surface area contributed by atoms with Crippen molar-refractivity contribution >= 4 is 11.6 Å². The van der Waals surface area contributed by atoms with Crippen molar-refractivity contribution in [3.63, 3.8) is 0 Å². The number of carbonyl (C=O) groups is 1. The van der Waals surface area contributed by atoms with Crippen molar-refractivity contribution in [2.75, 3.05) is 18.0 Å². The van der Waals surface area contributed by atoms with Crippen molar-refractivity contribution in [3.05, 3.63) is 24.0 Å². The summed E-state index contributed by atoms with van der Waals surface area (Å²) >= 11 is 0. The first-order valence-corrected chi connectivity index (χ1v) is 6.33. The number of nitrogens with zero attached hydrogens (tertiary/aromatic N) is 2. The van der Waals surface area contributed by atoms with E-state index in [1.54, 1.807) is 0 Å². The number of hydrogen-bond donors (Lipinski definition) is 2. The van der Waals surface area contributed by atoms with Gasteiger partial charge in [0.05, 0.1) is 17.6 Å². The number of pyridine rings is 1. The predicted octanol–water partition coefficient (Wildman–Crippen LogP) is 0.803. The number of hydrogen-bond acceptors (Lipinski definition) is 4. The molecule has 2 rings (SSSR count). The first-order chi connectivity index (χ1) is 8.58. The molecule has 4 N–H and O–H groups in total. The van der Waals surface area contributed by atoms with Crippen molar-refractivity contribution in [1.82, 2.24) is 4.98 Å². The van der Waals surface area contributed by atoms with Gasteiger partial charge in [0, 0.05) is 25.0 Å². The van der Waals surface area contributed by atoms with E-state index in [9.17, 15) is 4.79 Å². The Labute approximate surface area is 107 Å². The van der Waals surface area contributed by atoms with E-state index in [4.69, 9.17) is 11.5 Å². The minimum Gasteiger partial charge on any atom is -0.370 e. The van der Waals surface area contributed by atoms with Gasteiger partial charge in [0.25, 0.3) is 0 Å². The summed E-state index contributed by atoms with van der Waals surface area (Å²) in [4.78, 5) is 17.7. The lowest BCUT2D eigenvalue weighted by Crippen LogP contribution is -2.38. The molecule has 5 heteroatoms. The van der Waals surface area contributed by atoms with E-state index in [1.807, 2.05) is 25.3 Å². The largest absolute Gasteiger partial charge is 0.370 e. The quantitative estimate of drug-likeness (QED) is 0.828. The Morgan fingerprint density at radius 1 is 1.44 bits per heavy atom. The molecular weight excluding hydrogens is 228 g/mol. The van der Waals surface area contributed by atoms with Crippen molar-refractivity contribution < 1.29 is 4.79 Å². The molecule has 0 saturated carbocycles. The van der Waals surface area contributed by atoms with E-state index in [-0.39, 0.29) is 17.9 Å². The topological polar surface area (TPSA) is 85.2 Å². The highest BCUT2D eigenvalue weighted by molar-refractivity contribution is 5.77. The summed E-state index contributed by atoms with van der Waals surface area (Å²) in [5, 5.41) is 0. The van der Waals surface area contributed by atoms with Gasteiger partial charge in [0.15, 0.2) is 0 Å². The molecule has 0 spiro atoms. The number of nitrogens with two attached hydrogens (primary N) is 2. The van der Waals surface area contributed by atoms with Crippen molar-refractivity contribution in [2.24, 2.45) is 17.4 Å². The third kappa shape index (κ3) is 2.79. The molecule has 18 heavy (non-hydrogen) atoms. The van der Waals surface area contributed by atoms with Crippen LogP contribution in [0.3, 0.4) is 0 Å². The Balaban J connectivity index is 1.99. The summed E-state index contributed by atoms with van der Waals surface area (Å²) in [5.41, 5.74) is 13.1. The van der Waals surface area contributed by atoms with E-state index >= 15 is 0 Å². The third-order valence-electron chi connectivity index (χ3n) is 3.50. The zero-order chi connectivity index (χ0) is 13.1. The van der Waals surface area contributed by atoms with Gasteiger partial charge in [-0.3, -0.25) is 9.78 Å². The number of anilines is 1. The second-order valence-electron chi connectivity index (χ2n) is 4.89. The maximum Gasteiger partial charge on any atom is 0.220 e. The normalized spacial score (nSPS) is 18.7. The highest BCUT2D eigenvalue weighted by atomic mass is 16.1. The monoisotopic (exact) mass is 248 g/mol. The Kier molecular flexibility index (Phi) is 3.81. The van der Waals surface area contributed by atoms with E-state index in [0.717, 1.165) is 37.3 Å². The van der Waals surface area contributed by atoms with Crippen LogP contribution < -0.4 is 16.4 Å². The number of amides is 1. The summed E-state index contributed by atoms with van der Waals surface area (Å²) in [7, 11) is 0. The molecule has 1 atom stereocenters. The zero-order valence-corrected chi connectivity index (χ0v) is 10.7. The van der Waals surface area contributed by atoms with Crippen molar-refractivity contribution in [2.45, 2.75) is 25.8 Å². The van der Waals surface area contributed by atoms with E-state index in [1.165, 1.54) is 0 Å². The highest BCUT2D eigenvalue weighted by Crippen LogP contribution is 2.23. The van der Waals surface area contributed by atoms with Crippen LogP contribution in [-0.4, -0.2) is 24.0 Å². The maximum atomic E-state index is 11.1. The molecule has 1 fully saturated rings. The third-order valence-corrected chi connectivity index (χ3v) is 3.50. The molecule has 98 valence electrons. The molecule has 0 aliphatic carbocycles. The van der Waals surface area contributed by atoms with Crippen LogP contribution in [0.15, 0.2) is 18.3 Å². The van der Waals surface area contributed by atoms with Gasteiger partial charge < -0.3 is 16.4 Å². The van der Waals surface area contributed by atoms with Gasteiger partial charge in [-0.1, -0.05) is 0 Å². The van der Waals surface area contributed by atoms with Gasteiger partial charge in [0.2, 0.25) is 5.91 Å². The molecule has 5 nitrogen and oxygen atoms in total. The first kappa shape index (κ1) is 12.8. The smallest absolute Gasteiger partial charge is 0.220 e. The maximum absolute atomic E-state index is 11.1. The van der Waals surface area contributed by atoms with Crippen LogP contribution >= 0.6 is 0 Å². The fourth-order valence-corrected chi connectivity index (χ4v) is 2.28. The van der Waals surface area contributed by atoms with Crippen molar-refractivity contribution in [3.8, 4) is 0 Å². The van der Waals surface area contributed by atoms with Crippen LogP contribution in [-0.2, 0) is 4.79 Å².